The molecule has 0 bridgehead atoms. The van der Waals surface area contributed by atoms with E-state index in [9.17, 15) is 9.18 Å². The zero-order chi connectivity index (χ0) is 10.6. The quantitative estimate of drug-likeness (QED) is 0.904. The Hall–Kier alpha value is -0.900. The first-order valence-corrected chi connectivity index (χ1v) is 5.04. The van der Waals surface area contributed by atoms with Gasteiger partial charge in [0.15, 0.2) is 0 Å². The predicted octanol–water partition coefficient (Wildman–Crippen LogP) is 3.00. The van der Waals surface area contributed by atoms with Gasteiger partial charge in [0.2, 0.25) is 0 Å². The molecule has 0 aliphatic carbocycles. The molecule has 0 heterocycles. The van der Waals surface area contributed by atoms with Gasteiger partial charge in [-0.2, -0.15) is 0 Å². The molecule has 1 aromatic carbocycles. The van der Waals surface area contributed by atoms with E-state index in [1.54, 1.807) is 6.07 Å². The molecule has 1 aromatic rings. The molecule has 0 spiro atoms. The third kappa shape index (κ3) is 3.46. The van der Waals surface area contributed by atoms with E-state index in [0.717, 1.165) is 5.56 Å². The number of benzene rings is 1. The molecule has 0 saturated carbocycles. The van der Waals surface area contributed by atoms with Crippen molar-refractivity contribution in [2.45, 2.75) is 19.3 Å². The summed E-state index contributed by atoms with van der Waals surface area (Å²) < 4.78 is 13.4. The van der Waals surface area contributed by atoms with Crippen LogP contribution in [0.1, 0.15) is 18.4 Å². The Morgan fingerprint density at radius 2 is 2.21 bits per heavy atom. The van der Waals surface area contributed by atoms with E-state index < -0.39 is 5.97 Å². The van der Waals surface area contributed by atoms with Crippen LogP contribution in [0.5, 0.6) is 0 Å². The van der Waals surface area contributed by atoms with E-state index >= 15 is 0 Å². The van der Waals surface area contributed by atoms with Gasteiger partial charge >= 0.3 is 5.97 Å². The molecule has 4 heteroatoms. The van der Waals surface area contributed by atoms with Crippen molar-refractivity contribution in [2.24, 2.45) is 0 Å². The number of aryl methyl sites for hydroxylation is 1. The van der Waals surface area contributed by atoms with E-state index in [1.807, 2.05) is 0 Å². The number of rotatable bonds is 4. The minimum Gasteiger partial charge on any atom is -0.481 e. The van der Waals surface area contributed by atoms with Crippen molar-refractivity contribution in [2.75, 3.05) is 0 Å². The Morgan fingerprint density at radius 1 is 1.50 bits per heavy atom. The van der Waals surface area contributed by atoms with Gasteiger partial charge in [-0.25, -0.2) is 4.39 Å². The Bertz CT molecular complexity index is 339. The van der Waals surface area contributed by atoms with Crippen molar-refractivity contribution in [3.63, 3.8) is 0 Å². The Labute approximate surface area is 89.9 Å². The smallest absolute Gasteiger partial charge is 0.303 e. The van der Waals surface area contributed by atoms with Crippen molar-refractivity contribution < 1.29 is 14.3 Å². The van der Waals surface area contributed by atoms with Gasteiger partial charge < -0.3 is 5.11 Å². The second-order valence-corrected chi connectivity index (χ2v) is 3.84. The molecule has 0 unspecified atom stereocenters. The summed E-state index contributed by atoms with van der Waals surface area (Å²) in [5.74, 6) is -1.10. The highest BCUT2D eigenvalue weighted by atomic mass is 79.9. The summed E-state index contributed by atoms with van der Waals surface area (Å²) in [5.41, 5.74) is 0.938. The highest BCUT2D eigenvalue weighted by molar-refractivity contribution is 9.10. The maximum Gasteiger partial charge on any atom is 0.303 e. The summed E-state index contributed by atoms with van der Waals surface area (Å²) in [5, 5.41) is 8.43. The van der Waals surface area contributed by atoms with Crippen LogP contribution in [0.4, 0.5) is 4.39 Å². The first-order chi connectivity index (χ1) is 6.59. The maximum atomic E-state index is 12.7. The van der Waals surface area contributed by atoms with Crippen molar-refractivity contribution in [1.29, 1.82) is 0 Å². The van der Waals surface area contributed by atoms with Crippen LogP contribution in [0.15, 0.2) is 22.7 Å². The molecule has 0 atom stereocenters. The van der Waals surface area contributed by atoms with Crippen LogP contribution in [0.2, 0.25) is 0 Å². The predicted molar refractivity (Wildman–Crippen MR) is 54.7 cm³/mol. The van der Waals surface area contributed by atoms with Crippen LogP contribution in [0.3, 0.4) is 0 Å². The Balaban J connectivity index is 2.55. The summed E-state index contributed by atoms with van der Waals surface area (Å²) in [6, 6.07) is 4.43. The molecule has 1 rings (SSSR count). The van der Waals surface area contributed by atoms with Gasteiger partial charge in [-0.3, -0.25) is 4.79 Å². The molecule has 0 aromatic heterocycles. The monoisotopic (exact) mass is 260 g/mol. The van der Waals surface area contributed by atoms with E-state index in [-0.39, 0.29) is 12.2 Å². The fraction of sp³-hybridized carbons (Fsp3) is 0.300. The number of aliphatic carboxylic acids is 1. The van der Waals surface area contributed by atoms with Gasteiger partial charge in [0.1, 0.15) is 5.82 Å². The second-order valence-electron chi connectivity index (χ2n) is 2.98. The lowest BCUT2D eigenvalue weighted by Gasteiger charge is -2.02. The van der Waals surface area contributed by atoms with Gasteiger partial charge in [0.05, 0.1) is 0 Å². The number of halogens is 2. The highest BCUT2D eigenvalue weighted by Crippen LogP contribution is 2.19. The van der Waals surface area contributed by atoms with Gasteiger partial charge in [0.25, 0.3) is 0 Å². The van der Waals surface area contributed by atoms with Crippen LogP contribution in [0, 0.1) is 5.82 Å². The molecule has 0 fully saturated rings. The van der Waals surface area contributed by atoms with Crippen LogP contribution in [0.25, 0.3) is 0 Å². The zero-order valence-corrected chi connectivity index (χ0v) is 9.05. The normalized spacial score (nSPS) is 10.1. The van der Waals surface area contributed by atoms with Crippen molar-refractivity contribution >= 4 is 21.9 Å². The summed E-state index contributed by atoms with van der Waals surface area (Å²) in [6.45, 7) is 0. The molecule has 0 amide bonds. The van der Waals surface area contributed by atoms with Crippen molar-refractivity contribution in [3.8, 4) is 0 Å². The van der Waals surface area contributed by atoms with Crippen LogP contribution >= 0.6 is 15.9 Å². The molecule has 0 radical (unpaired) electrons. The molecule has 2 nitrogen and oxygen atoms in total. The van der Waals surface area contributed by atoms with E-state index in [1.165, 1.54) is 12.1 Å². The molecular weight excluding hydrogens is 251 g/mol. The molecular formula is C10H10BrFO2. The van der Waals surface area contributed by atoms with Gasteiger partial charge in [0, 0.05) is 10.9 Å². The number of carbonyl (C=O) groups is 1. The minimum atomic E-state index is -0.803. The minimum absolute atomic E-state index is 0.143. The average molecular weight is 261 g/mol. The van der Waals surface area contributed by atoms with Gasteiger partial charge in [-0.05, 0) is 30.5 Å². The lowest BCUT2D eigenvalue weighted by molar-refractivity contribution is -0.137. The topological polar surface area (TPSA) is 37.3 Å². The summed E-state index contributed by atoms with van der Waals surface area (Å²) in [7, 11) is 0. The molecule has 14 heavy (non-hydrogen) atoms. The van der Waals surface area contributed by atoms with E-state index in [4.69, 9.17) is 5.11 Å². The van der Waals surface area contributed by atoms with E-state index in [0.29, 0.717) is 17.3 Å². The lowest BCUT2D eigenvalue weighted by Crippen LogP contribution is -1.96. The number of hydrogen-bond donors (Lipinski definition) is 1. The largest absolute Gasteiger partial charge is 0.481 e. The fourth-order valence-corrected chi connectivity index (χ4v) is 1.70. The van der Waals surface area contributed by atoms with E-state index in [2.05, 4.69) is 15.9 Å². The van der Waals surface area contributed by atoms with Crippen molar-refractivity contribution in [3.05, 3.63) is 34.1 Å². The summed E-state index contributed by atoms with van der Waals surface area (Å²) in [6.07, 6.45) is 1.36. The van der Waals surface area contributed by atoms with Crippen LogP contribution < -0.4 is 0 Å². The Kier molecular flexibility index (Phi) is 4.07. The molecule has 1 N–H and O–H groups in total. The number of hydrogen-bond acceptors (Lipinski definition) is 1. The first-order valence-electron chi connectivity index (χ1n) is 4.25. The van der Waals surface area contributed by atoms with Crippen LogP contribution in [-0.4, -0.2) is 11.1 Å². The summed E-state index contributed by atoms with van der Waals surface area (Å²) in [4.78, 5) is 10.3. The van der Waals surface area contributed by atoms with Gasteiger partial charge in [-0.1, -0.05) is 22.0 Å². The lowest BCUT2D eigenvalue weighted by atomic mass is 10.1. The SMILES string of the molecule is O=C(O)CCCc1ccc(F)cc1Br. The summed E-state index contributed by atoms with van der Waals surface area (Å²) >= 11 is 3.23. The van der Waals surface area contributed by atoms with Crippen molar-refractivity contribution in [1.82, 2.24) is 0 Å². The average Bonchev–Trinajstić information content (AvgIpc) is 2.08. The Morgan fingerprint density at radius 3 is 2.79 bits per heavy atom. The maximum absolute atomic E-state index is 12.7. The molecule has 0 saturated heterocycles. The molecule has 76 valence electrons. The van der Waals surface area contributed by atoms with Gasteiger partial charge in [-0.15, -0.1) is 0 Å². The van der Waals surface area contributed by atoms with Crippen LogP contribution in [-0.2, 0) is 11.2 Å². The highest BCUT2D eigenvalue weighted by Gasteiger charge is 2.03. The second kappa shape index (κ2) is 5.10. The molecule has 0 aliphatic rings. The fourth-order valence-electron chi connectivity index (χ4n) is 1.15. The molecule has 0 aliphatic heterocycles. The third-order valence-corrected chi connectivity index (χ3v) is 2.59. The zero-order valence-electron chi connectivity index (χ0n) is 7.46. The first kappa shape index (κ1) is 11.2. The number of carboxylic acid groups (broad SMARTS) is 1. The number of carboxylic acids is 1. The third-order valence-electron chi connectivity index (χ3n) is 1.85. The standard InChI is InChI=1S/C10H10BrFO2/c11-9-6-8(12)5-4-7(9)2-1-3-10(13)14/h4-6H,1-3H2,(H,13,14).